The highest BCUT2D eigenvalue weighted by Crippen LogP contribution is 2.14. The summed E-state index contributed by atoms with van der Waals surface area (Å²) in [5.41, 5.74) is 1.18. The number of hydrogen-bond acceptors (Lipinski definition) is 4. The quantitative estimate of drug-likeness (QED) is 0.834. The minimum Gasteiger partial charge on any atom is -0.545 e. The number of nitrogens with one attached hydrogen (secondary N) is 1. The number of halogens is 1. The van der Waals surface area contributed by atoms with Crippen molar-refractivity contribution in [3.63, 3.8) is 0 Å². The van der Waals surface area contributed by atoms with Crippen LogP contribution < -0.4 is 19.6 Å². The summed E-state index contributed by atoms with van der Waals surface area (Å²) < 4.78 is 18.7. The van der Waals surface area contributed by atoms with E-state index in [9.17, 15) is 14.3 Å². The van der Waals surface area contributed by atoms with Crippen LogP contribution in [0.4, 0.5) is 10.1 Å². The number of anilines is 1. The number of nitrogens with zero attached hydrogens (tertiary/aromatic N) is 1. The molecule has 0 bridgehead atoms. The lowest BCUT2D eigenvalue weighted by Crippen LogP contribution is -3.15. The zero-order valence-electron chi connectivity index (χ0n) is 13.2. The van der Waals surface area contributed by atoms with E-state index in [1.807, 2.05) is 0 Å². The monoisotopic (exact) mass is 330 g/mol. The molecule has 6 heteroatoms. The third-order valence-electron chi connectivity index (χ3n) is 4.20. The van der Waals surface area contributed by atoms with Gasteiger partial charge in [0.25, 0.3) is 0 Å². The van der Waals surface area contributed by atoms with Gasteiger partial charge in [-0.05, 0) is 54.1 Å². The molecule has 1 N–H and O–H groups in total. The van der Waals surface area contributed by atoms with Gasteiger partial charge in [0, 0.05) is 5.69 Å². The summed E-state index contributed by atoms with van der Waals surface area (Å²) in [6, 6.07) is 12.8. The highest BCUT2D eigenvalue weighted by molar-refractivity contribution is 5.85. The van der Waals surface area contributed by atoms with E-state index >= 15 is 0 Å². The van der Waals surface area contributed by atoms with Gasteiger partial charge in [0.05, 0.1) is 32.1 Å². The fourth-order valence-electron chi connectivity index (χ4n) is 2.75. The van der Waals surface area contributed by atoms with E-state index in [2.05, 4.69) is 4.90 Å². The lowest BCUT2D eigenvalue weighted by molar-refractivity contribution is -0.916. The molecular formula is C18H19FN2O3. The molecule has 24 heavy (non-hydrogen) atoms. The number of piperazine rings is 1. The Morgan fingerprint density at radius 3 is 2.29 bits per heavy atom. The van der Waals surface area contributed by atoms with Gasteiger partial charge in [-0.15, -0.1) is 0 Å². The van der Waals surface area contributed by atoms with Crippen molar-refractivity contribution < 1.29 is 23.9 Å². The van der Waals surface area contributed by atoms with Crippen molar-refractivity contribution in [3.05, 3.63) is 59.9 Å². The third kappa shape index (κ3) is 4.02. The number of carbonyl (C=O) groups excluding carboxylic acids is 1. The molecule has 0 aliphatic carbocycles. The van der Waals surface area contributed by atoms with Crippen LogP contribution in [0.3, 0.4) is 0 Å². The average molecular weight is 330 g/mol. The van der Waals surface area contributed by atoms with Crippen LogP contribution in [0.2, 0.25) is 0 Å². The van der Waals surface area contributed by atoms with E-state index in [0.717, 1.165) is 31.9 Å². The Hall–Kier alpha value is -2.60. The van der Waals surface area contributed by atoms with Crippen LogP contribution in [-0.4, -0.2) is 38.9 Å². The molecule has 0 radical (unpaired) electrons. The zero-order valence-corrected chi connectivity index (χ0v) is 13.2. The van der Waals surface area contributed by atoms with Crippen molar-refractivity contribution >= 4 is 11.7 Å². The molecular weight excluding hydrogens is 311 g/mol. The summed E-state index contributed by atoms with van der Waals surface area (Å²) in [6.07, 6.45) is 0. The van der Waals surface area contributed by atoms with Crippen molar-refractivity contribution in [1.82, 2.24) is 0 Å². The Morgan fingerprint density at radius 2 is 1.71 bits per heavy atom. The summed E-state index contributed by atoms with van der Waals surface area (Å²) in [4.78, 5) is 14.3. The standard InChI is InChI=1S/C18H19FN2O3/c19-15-3-5-16(6-4-15)21-11-9-20(10-12-21)13-24-17-7-1-14(2-8-17)18(22)23/h1-8H,9-13H2,(H,22,23). The first kappa shape index (κ1) is 16.3. The lowest BCUT2D eigenvalue weighted by Gasteiger charge is -2.33. The van der Waals surface area contributed by atoms with Crippen molar-refractivity contribution in [2.75, 3.05) is 37.8 Å². The molecule has 0 atom stereocenters. The summed E-state index contributed by atoms with van der Waals surface area (Å²) in [5, 5.41) is 10.7. The van der Waals surface area contributed by atoms with Crippen LogP contribution in [0, 0.1) is 5.82 Å². The Bertz CT molecular complexity index is 680. The van der Waals surface area contributed by atoms with Gasteiger partial charge >= 0.3 is 0 Å². The van der Waals surface area contributed by atoms with Gasteiger partial charge in [-0.1, -0.05) is 0 Å². The molecule has 0 aromatic heterocycles. The number of carboxylic acids is 1. The number of ether oxygens (including phenoxy) is 1. The number of quaternary nitrogens is 1. The molecule has 1 aliphatic rings. The van der Waals surface area contributed by atoms with Gasteiger partial charge in [-0.3, -0.25) is 4.90 Å². The maximum Gasteiger partial charge on any atom is 0.222 e. The third-order valence-corrected chi connectivity index (χ3v) is 4.20. The predicted octanol–water partition coefficient (Wildman–Crippen LogP) is -0.0694. The van der Waals surface area contributed by atoms with Crippen LogP contribution in [0.5, 0.6) is 5.75 Å². The highest BCUT2D eigenvalue weighted by atomic mass is 19.1. The van der Waals surface area contributed by atoms with Gasteiger partial charge in [-0.2, -0.15) is 0 Å². The normalized spacial score (nSPS) is 15.3. The molecule has 126 valence electrons. The number of rotatable bonds is 5. The number of aromatic carboxylic acids is 1. The molecule has 5 nitrogen and oxygen atoms in total. The van der Waals surface area contributed by atoms with Gasteiger partial charge < -0.3 is 19.5 Å². The second-order valence-electron chi connectivity index (χ2n) is 5.81. The predicted molar refractivity (Wildman–Crippen MR) is 85.6 cm³/mol. The van der Waals surface area contributed by atoms with E-state index < -0.39 is 5.97 Å². The van der Waals surface area contributed by atoms with Crippen molar-refractivity contribution in [3.8, 4) is 5.75 Å². The number of carboxylic acid groups (broad SMARTS) is 1. The number of carbonyl (C=O) groups is 1. The molecule has 3 rings (SSSR count). The Morgan fingerprint density at radius 1 is 1.08 bits per heavy atom. The molecule has 2 aromatic rings. The Kier molecular flexibility index (Phi) is 4.96. The minimum absolute atomic E-state index is 0.141. The maximum absolute atomic E-state index is 13.0. The van der Waals surface area contributed by atoms with Crippen molar-refractivity contribution in [1.29, 1.82) is 0 Å². The van der Waals surface area contributed by atoms with E-state index in [0.29, 0.717) is 12.5 Å². The van der Waals surface area contributed by atoms with Crippen molar-refractivity contribution in [2.45, 2.75) is 0 Å². The second-order valence-corrected chi connectivity index (χ2v) is 5.81. The molecule has 0 saturated carbocycles. The smallest absolute Gasteiger partial charge is 0.222 e. The summed E-state index contributed by atoms with van der Waals surface area (Å²) in [6.45, 7) is 4.15. The molecule has 0 spiro atoms. The van der Waals surface area contributed by atoms with E-state index in [-0.39, 0.29) is 11.4 Å². The molecule has 1 heterocycles. The number of benzene rings is 2. The first-order chi connectivity index (χ1) is 11.6. The fourth-order valence-corrected chi connectivity index (χ4v) is 2.75. The molecule has 2 aromatic carbocycles. The Balaban J connectivity index is 1.47. The van der Waals surface area contributed by atoms with Crippen LogP contribution in [0.15, 0.2) is 48.5 Å². The summed E-state index contributed by atoms with van der Waals surface area (Å²) in [7, 11) is 0. The fraction of sp³-hybridized carbons (Fsp3) is 0.278. The van der Waals surface area contributed by atoms with Crippen LogP contribution >= 0.6 is 0 Å². The summed E-state index contributed by atoms with van der Waals surface area (Å²) >= 11 is 0. The van der Waals surface area contributed by atoms with Gasteiger partial charge in [0.15, 0.2) is 0 Å². The first-order valence-electron chi connectivity index (χ1n) is 7.90. The Labute approximate surface area is 139 Å². The highest BCUT2D eigenvalue weighted by Gasteiger charge is 2.20. The maximum atomic E-state index is 13.0. The van der Waals surface area contributed by atoms with Crippen LogP contribution in [-0.2, 0) is 0 Å². The topological polar surface area (TPSA) is 57.0 Å². The molecule has 1 fully saturated rings. The first-order valence-corrected chi connectivity index (χ1v) is 7.90. The largest absolute Gasteiger partial charge is 0.545 e. The molecule has 0 amide bonds. The van der Waals surface area contributed by atoms with Gasteiger partial charge in [-0.25, -0.2) is 4.39 Å². The van der Waals surface area contributed by atoms with E-state index in [1.54, 1.807) is 24.3 Å². The van der Waals surface area contributed by atoms with Crippen LogP contribution in [0.1, 0.15) is 10.4 Å². The van der Waals surface area contributed by atoms with E-state index in [4.69, 9.17) is 4.74 Å². The molecule has 1 saturated heterocycles. The van der Waals surface area contributed by atoms with Gasteiger partial charge in [0.2, 0.25) is 6.73 Å². The second kappa shape index (κ2) is 7.31. The minimum atomic E-state index is -1.19. The van der Waals surface area contributed by atoms with Crippen LogP contribution in [0.25, 0.3) is 0 Å². The lowest BCUT2D eigenvalue weighted by atomic mass is 10.2. The molecule has 0 unspecified atom stereocenters. The van der Waals surface area contributed by atoms with E-state index in [1.165, 1.54) is 29.2 Å². The van der Waals surface area contributed by atoms with Crippen molar-refractivity contribution in [2.24, 2.45) is 0 Å². The average Bonchev–Trinajstić information content (AvgIpc) is 2.61. The van der Waals surface area contributed by atoms with Gasteiger partial charge in [0.1, 0.15) is 11.6 Å². The number of hydrogen-bond donors (Lipinski definition) is 1. The SMILES string of the molecule is O=C([O-])c1ccc(OC[NH+]2CCN(c3ccc(F)cc3)CC2)cc1. The summed E-state index contributed by atoms with van der Waals surface area (Å²) in [5.74, 6) is -0.765. The zero-order chi connectivity index (χ0) is 16.9. The molecule has 1 aliphatic heterocycles.